The van der Waals surface area contributed by atoms with Crippen LogP contribution < -0.4 is 14.8 Å². The van der Waals surface area contributed by atoms with Gasteiger partial charge in [0.1, 0.15) is 11.5 Å². The van der Waals surface area contributed by atoms with Gasteiger partial charge in [-0.25, -0.2) is 0 Å². The van der Waals surface area contributed by atoms with Gasteiger partial charge in [0.2, 0.25) is 0 Å². The summed E-state index contributed by atoms with van der Waals surface area (Å²) in [5.41, 5.74) is 1.44. The van der Waals surface area contributed by atoms with Crippen LogP contribution in [-0.4, -0.2) is 19.1 Å². The van der Waals surface area contributed by atoms with Crippen LogP contribution in [-0.2, 0) is 11.3 Å². The number of nitriles is 1. The van der Waals surface area contributed by atoms with Crippen molar-refractivity contribution in [2.75, 3.05) is 7.11 Å². The molecule has 0 saturated heterocycles. The van der Waals surface area contributed by atoms with Crippen LogP contribution >= 0.6 is 0 Å². The Labute approximate surface area is 135 Å². The lowest BCUT2D eigenvalue weighted by molar-refractivity contribution is -0.127. The van der Waals surface area contributed by atoms with Crippen molar-refractivity contribution in [3.8, 4) is 17.6 Å². The molecule has 118 valence electrons. The van der Waals surface area contributed by atoms with Crippen molar-refractivity contribution >= 4 is 5.91 Å². The number of rotatable bonds is 6. The second-order valence-electron chi connectivity index (χ2n) is 4.97. The Kier molecular flexibility index (Phi) is 5.59. The number of ether oxygens (including phenoxy) is 2. The topological polar surface area (TPSA) is 71.3 Å². The number of amides is 1. The number of carbonyl (C=O) groups is 1. The highest BCUT2D eigenvalue weighted by molar-refractivity contribution is 5.80. The Balaban J connectivity index is 1.88. The molecule has 0 radical (unpaired) electrons. The summed E-state index contributed by atoms with van der Waals surface area (Å²) in [4.78, 5) is 12.1. The molecule has 5 nitrogen and oxygen atoms in total. The van der Waals surface area contributed by atoms with Crippen LogP contribution in [0.25, 0.3) is 0 Å². The lowest BCUT2D eigenvalue weighted by atomic mass is 10.1. The van der Waals surface area contributed by atoms with E-state index in [1.165, 1.54) is 0 Å². The molecule has 2 aromatic rings. The number of benzene rings is 2. The molecule has 0 bridgehead atoms. The summed E-state index contributed by atoms with van der Waals surface area (Å²) >= 11 is 0. The average molecular weight is 310 g/mol. The molecule has 0 fully saturated rings. The Hall–Kier alpha value is -3.00. The summed E-state index contributed by atoms with van der Waals surface area (Å²) in [6.45, 7) is 2.04. The van der Waals surface area contributed by atoms with Gasteiger partial charge in [-0.05, 0) is 48.9 Å². The number of nitrogens with one attached hydrogen (secondary N) is 1. The maximum Gasteiger partial charge on any atom is 0.261 e. The molecule has 5 heteroatoms. The average Bonchev–Trinajstić information content (AvgIpc) is 2.60. The maximum absolute atomic E-state index is 12.1. The number of carbonyl (C=O) groups excluding carboxylic acids is 1. The summed E-state index contributed by atoms with van der Waals surface area (Å²) in [5.74, 6) is 1.11. The van der Waals surface area contributed by atoms with Crippen molar-refractivity contribution in [2.45, 2.75) is 19.6 Å². The van der Waals surface area contributed by atoms with E-state index in [0.29, 0.717) is 17.9 Å². The zero-order chi connectivity index (χ0) is 16.7. The van der Waals surface area contributed by atoms with Gasteiger partial charge in [-0.15, -0.1) is 0 Å². The summed E-state index contributed by atoms with van der Waals surface area (Å²) in [6.07, 6.45) is -0.623. The standard InChI is InChI=1S/C18H18N2O3/c1-13(23-17-8-6-16(22-2)7-9-17)18(21)20-12-15-5-3-4-14(10-15)11-19/h3-10,13H,12H2,1-2H3,(H,20,21). The van der Waals surface area contributed by atoms with E-state index in [1.807, 2.05) is 6.07 Å². The molecule has 0 heterocycles. The van der Waals surface area contributed by atoms with Crippen LogP contribution in [0, 0.1) is 11.3 Å². The van der Waals surface area contributed by atoms with Gasteiger partial charge in [-0.3, -0.25) is 4.79 Å². The highest BCUT2D eigenvalue weighted by Gasteiger charge is 2.14. The Bertz CT molecular complexity index is 705. The first-order valence-corrected chi connectivity index (χ1v) is 7.20. The van der Waals surface area contributed by atoms with Gasteiger partial charge in [-0.1, -0.05) is 12.1 Å². The predicted molar refractivity (Wildman–Crippen MR) is 86.1 cm³/mol. The molecule has 0 aromatic heterocycles. The van der Waals surface area contributed by atoms with Crippen LogP contribution in [0.3, 0.4) is 0 Å². The van der Waals surface area contributed by atoms with E-state index < -0.39 is 6.10 Å². The number of hydrogen-bond donors (Lipinski definition) is 1. The van der Waals surface area contributed by atoms with Gasteiger partial charge in [0.15, 0.2) is 6.10 Å². The second kappa shape index (κ2) is 7.85. The molecule has 1 amide bonds. The normalized spacial score (nSPS) is 11.2. The fraction of sp³-hybridized carbons (Fsp3) is 0.222. The molecule has 1 unspecified atom stereocenters. The molecule has 0 saturated carbocycles. The first-order valence-electron chi connectivity index (χ1n) is 7.20. The van der Waals surface area contributed by atoms with Crippen molar-refractivity contribution in [3.05, 3.63) is 59.7 Å². The fourth-order valence-electron chi connectivity index (χ4n) is 2.00. The van der Waals surface area contributed by atoms with Crippen molar-refractivity contribution in [1.29, 1.82) is 5.26 Å². The molecule has 2 aromatic carbocycles. The monoisotopic (exact) mass is 310 g/mol. The van der Waals surface area contributed by atoms with Crippen LogP contribution in [0.4, 0.5) is 0 Å². The minimum absolute atomic E-state index is 0.219. The summed E-state index contributed by atoms with van der Waals surface area (Å²) < 4.78 is 10.7. The smallest absolute Gasteiger partial charge is 0.261 e. The third-order valence-corrected chi connectivity index (χ3v) is 3.26. The zero-order valence-electron chi connectivity index (χ0n) is 13.1. The first kappa shape index (κ1) is 16.4. The van der Waals surface area contributed by atoms with Gasteiger partial charge >= 0.3 is 0 Å². The molecule has 1 N–H and O–H groups in total. The lowest BCUT2D eigenvalue weighted by Crippen LogP contribution is -2.35. The number of hydrogen-bond acceptors (Lipinski definition) is 4. The molecule has 0 spiro atoms. The lowest BCUT2D eigenvalue weighted by Gasteiger charge is -2.15. The minimum atomic E-state index is -0.623. The van der Waals surface area contributed by atoms with E-state index in [4.69, 9.17) is 14.7 Å². The SMILES string of the molecule is COc1ccc(OC(C)C(=O)NCc2cccc(C#N)c2)cc1. The largest absolute Gasteiger partial charge is 0.497 e. The second-order valence-corrected chi connectivity index (χ2v) is 4.97. The van der Waals surface area contributed by atoms with Gasteiger partial charge in [0.25, 0.3) is 5.91 Å². The summed E-state index contributed by atoms with van der Waals surface area (Å²) in [7, 11) is 1.59. The highest BCUT2D eigenvalue weighted by atomic mass is 16.5. The molecular formula is C18H18N2O3. The molecule has 0 aliphatic heterocycles. The fourth-order valence-corrected chi connectivity index (χ4v) is 2.00. The van der Waals surface area contributed by atoms with Crippen molar-refractivity contribution in [3.63, 3.8) is 0 Å². The van der Waals surface area contributed by atoms with E-state index in [-0.39, 0.29) is 5.91 Å². The number of nitrogens with zero attached hydrogens (tertiary/aromatic N) is 1. The van der Waals surface area contributed by atoms with Crippen LogP contribution in [0.2, 0.25) is 0 Å². The third kappa shape index (κ3) is 4.75. The molecule has 23 heavy (non-hydrogen) atoms. The van der Waals surface area contributed by atoms with E-state index in [0.717, 1.165) is 11.3 Å². The van der Waals surface area contributed by atoms with Crippen molar-refractivity contribution < 1.29 is 14.3 Å². The van der Waals surface area contributed by atoms with E-state index in [2.05, 4.69) is 11.4 Å². The van der Waals surface area contributed by atoms with Gasteiger partial charge in [-0.2, -0.15) is 5.26 Å². The molecular weight excluding hydrogens is 292 g/mol. The van der Waals surface area contributed by atoms with E-state index >= 15 is 0 Å². The van der Waals surface area contributed by atoms with Gasteiger partial charge < -0.3 is 14.8 Å². The van der Waals surface area contributed by atoms with E-state index in [1.54, 1.807) is 56.5 Å². The summed E-state index contributed by atoms with van der Waals surface area (Å²) in [6, 6.07) is 16.2. The van der Waals surface area contributed by atoms with Gasteiger partial charge in [0.05, 0.1) is 18.7 Å². The quantitative estimate of drug-likeness (QED) is 0.890. The summed E-state index contributed by atoms with van der Waals surface area (Å²) in [5, 5.41) is 11.7. The molecule has 2 rings (SSSR count). The van der Waals surface area contributed by atoms with Crippen LogP contribution in [0.1, 0.15) is 18.1 Å². The highest BCUT2D eigenvalue weighted by Crippen LogP contribution is 2.18. The Morgan fingerprint density at radius 3 is 2.57 bits per heavy atom. The minimum Gasteiger partial charge on any atom is -0.497 e. The van der Waals surface area contributed by atoms with Crippen LogP contribution in [0.5, 0.6) is 11.5 Å². The first-order chi connectivity index (χ1) is 11.1. The van der Waals surface area contributed by atoms with Gasteiger partial charge in [0, 0.05) is 6.54 Å². The molecule has 1 atom stereocenters. The molecule has 0 aliphatic rings. The third-order valence-electron chi connectivity index (χ3n) is 3.26. The molecule has 0 aliphatic carbocycles. The van der Waals surface area contributed by atoms with Crippen molar-refractivity contribution in [1.82, 2.24) is 5.32 Å². The number of methoxy groups -OCH3 is 1. The Morgan fingerprint density at radius 2 is 1.91 bits per heavy atom. The zero-order valence-corrected chi connectivity index (χ0v) is 13.1. The van der Waals surface area contributed by atoms with Crippen LogP contribution in [0.15, 0.2) is 48.5 Å². The van der Waals surface area contributed by atoms with Crippen molar-refractivity contribution in [2.24, 2.45) is 0 Å². The van der Waals surface area contributed by atoms with E-state index in [9.17, 15) is 4.79 Å². The predicted octanol–water partition coefficient (Wildman–Crippen LogP) is 2.65. The maximum atomic E-state index is 12.1. The Morgan fingerprint density at radius 1 is 1.22 bits per heavy atom.